The molecule has 0 saturated carbocycles. The maximum Gasteiger partial charge on any atom is 0.573 e. The van der Waals surface area contributed by atoms with Gasteiger partial charge in [-0.1, -0.05) is 12.1 Å². The van der Waals surface area contributed by atoms with Gasteiger partial charge in [0.05, 0.1) is 0 Å². The molecule has 2 aromatic carbocycles. The van der Waals surface area contributed by atoms with Gasteiger partial charge in [-0.05, 0) is 35.4 Å². The Kier molecular flexibility index (Phi) is 3.33. The first-order valence-electron chi connectivity index (χ1n) is 5.19. The first-order valence-corrected chi connectivity index (χ1v) is 5.19. The van der Waals surface area contributed by atoms with Crippen molar-refractivity contribution in [2.75, 3.05) is 0 Å². The fraction of sp³-hybridized carbons (Fsp3) is 0.0769. The van der Waals surface area contributed by atoms with Crippen LogP contribution < -0.4 is 4.74 Å². The molecule has 0 radical (unpaired) electrons. The van der Waals surface area contributed by atoms with Crippen molar-refractivity contribution in [1.82, 2.24) is 0 Å². The maximum absolute atomic E-state index is 13.1. The van der Waals surface area contributed by atoms with E-state index in [1.54, 1.807) is 0 Å². The molecule has 0 spiro atoms. The Labute approximate surface area is 105 Å². The van der Waals surface area contributed by atoms with Crippen molar-refractivity contribution in [1.29, 1.82) is 0 Å². The SMILES string of the molecule is Oc1cc(F)cc(-c2ccc(OC(F)(F)F)cc2)c1. The number of phenolic OH excluding ortho intramolecular Hbond substituents is 1. The standard InChI is InChI=1S/C13H8F4O2/c14-10-5-9(6-11(18)7-10)8-1-3-12(4-2-8)19-13(15,16)17/h1-7,18H. The van der Waals surface area contributed by atoms with Crippen molar-refractivity contribution in [2.24, 2.45) is 0 Å². The summed E-state index contributed by atoms with van der Waals surface area (Å²) in [6.07, 6.45) is -4.75. The van der Waals surface area contributed by atoms with Crippen molar-refractivity contribution < 1.29 is 27.4 Å². The van der Waals surface area contributed by atoms with Gasteiger partial charge in [0, 0.05) is 6.07 Å². The predicted molar refractivity (Wildman–Crippen MR) is 60.2 cm³/mol. The molecular formula is C13H8F4O2. The third-order valence-corrected chi connectivity index (χ3v) is 2.30. The van der Waals surface area contributed by atoms with Gasteiger partial charge in [-0.15, -0.1) is 13.2 Å². The van der Waals surface area contributed by atoms with Crippen molar-refractivity contribution in [3.05, 3.63) is 48.3 Å². The highest BCUT2D eigenvalue weighted by Gasteiger charge is 2.30. The molecule has 6 heteroatoms. The summed E-state index contributed by atoms with van der Waals surface area (Å²) in [4.78, 5) is 0. The molecule has 2 aromatic rings. The zero-order valence-electron chi connectivity index (χ0n) is 9.41. The largest absolute Gasteiger partial charge is 0.573 e. The lowest BCUT2D eigenvalue weighted by Gasteiger charge is -2.09. The second-order valence-corrected chi connectivity index (χ2v) is 3.77. The second-order valence-electron chi connectivity index (χ2n) is 3.77. The summed E-state index contributed by atoms with van der Waals surface area (Å²) in [6, 6.07) is 8.33. The van der Waals surface area contributed by atoms with Gasteiger partial charge in [0.25, 0.3) is 0 Å². The molecular weight excluding hydrogens is 264 g/mol. The normalized spacial score (nSPS) is 11.4. The number of alkyl halides is 3. The highest BCUT2D eigenvalue weighted by Crippen LogP contribution is 2.28. The smallest absolute Gasteiger partial charge is 0.508 e. The van der Waals surface area contributed by atoms with Gasteiger partial charge in [0.15, 0.2) is 0 Å². The highest BCUT2D eigenvalue weighted by atomic mass is 19.4. The van der Waals surface area contributed by atoms with Crippen LogP contribution in [0.1, 0.15) is 0 Å². The summed E-state index contributed by atoms with van der Waals surface area (Å²) in [6.45, 7) is 0. The van der Waals surface area contributed by atoms with E-state index in [1.165, 1.54) is 24.3 Å². The number of benzene rings is 2. The van der Waals surface area contributed by atoms with Crippen LogP contribution in [0.25, 0.3) is 11.1 Å². The monoisotopic (exact) mass is 272 g/mol. The molecule has 0 amide bonds. The molecule has 0 heterocycles. The summed E-state index contributed by atoms with van der Waals surface area (Å²) >= 11 is 0. The minimum absolute atomic E-state index is 0.259. The fourth-order valence-corrected chi connectivity index (χ4v) is 1.59. The minimum atomic E-state index is -4.75. The van der Waals surface area contributed by atoms with Gasteiger partial charge in [-0.3, -0.25) is 0 Å². The van der Waals surface area contributed by atoms with Crippen LogP contribution >= 0.6 is 0 Å². The van der Waals surface area contributed by atoms with E-state index in [1.807, 2.05) is 0 Å². The lowest BCUT2D eigenvalue weighted by molar-refractivity contribution is -0.274. The summed E-state index contributed by atoms with van der Waals surface area (Å²) in [7, 11) is 0. The Morgan fingerprint density at radius 2 is 1.53 bits per heavy atom. The number of rotatable bonds is 2. The first-order chi connectivity index (χ1) is 8.83. The fourth-order valence-electron chi connectivity index (χ4n) is 1.59. The Balaban J connectivity index is 2.27. The third kappa shape index (κ3) is 3.61. The Hall–Kier alpha value is -2.24. The van der Waals surface area contributed by atoms with Crippen LogP contribution in [0.5, 0.6) is 11.5 Å². The van der Waals surface area contributed by atoms with Gasteiger partial charge in [-0.2, -0.15) is 0 Å². The van der Waals surface area contributed by atoms with Crippen LogP contribution in [-0.4, -0.2) is 11.5 Å². The molecule has 0 unspecified atom stereocenters. The lowest BCUT2D eigenvalue weighted by atomic mass is 10.1. The van der Waals surface area contributed by atoms with E-state index in [4.69, 9.17) is 0 Å². The molecule has 2 rings (SSSR count). The van der Waals surface area contributed by atoms with E-state index in [0.717, 1.165) is 18.2 Å². The summed E-state index contributed by atoms with van der Waals surface area (Å²) in [5.41, 5.74) is 0.820. The van der Waals surface area contributed by atoms with E-state index in [0.29, 0.717) is 11.1 Å². The van der Waals surface area contributed by atoms with Gasteiger partial charge in [0.2, 0.25) is 0 Å². The van der Waals surface area contributed by atoms with Gasteiger partial charge in [-0.25, -0.2) is 4.39 Å². The van der Waals surface area contributed by atoms with Crippen LogP contribution in [-0.2, 0) is 0 Å². The van der Waals surface area contributed by atoms with Crippen LogP contribution in [0.15, 0.2) is 42.5 Å². The van der Waals surface area contributed by atoms with Crippen LogP contribution in [0.2, 0.25) is 0 Å². The van der Waals surface area contributed by atoms with Crippen molar-refractivity contribution in [2.45, 2.75) is 6.36 Å². The molecule has 0 aliphatic heterocycles. The number of aromatic hydroxyl groups is 1. The minimum Gasteiger partial charge on any atom is -0.508 e. The topological polar surface area (TPSA) is 29.5 Å². The zero-order chi connectivity index (χ0) is 14.0. The zero-order valence-corrected chi connectivity index (χ0v) is 9.41. The van der Waals surface area contributed by atoms with Crippen LogP contribution in [0.4, 0.5) is 17.6 Å². The molecule has 0 aliphatic rings. The van der Waals surface area contributed by atoms with E-state index in [9.17, 15) is 22.7 Å². The predicted octanol–water partition coefficient (Wildman–Crippen LogP) is 4.10. The Bertz CT molecular complexity index is 556. The number of ether oxygens (including phenoxy) is 1. The van der Waals surface area contributed by atoms with Crippen LogP contribution in [0.3, 0.4) is 0 Å². The molecule has 100 valence electrons. The molecule has 0 aromatic heterocycles. The average molecular weight is 272 g/mol. The number of hydrogen-bond acceptors (Lipinski definition) is 2. The molecule has 0 aliphatic carbocycles. The second kappa shape index (κ2) is 4.79. The van der Waals surface area contributed by atoms with E-state index in [-0.39, 0.29) is 11.5 Å². The first kappa shape index (κ1) is 13.2. The average Bonchev–Trinajstić information content (AvgIpc) is 2.26. The number of phenols is 1. The maximum atomic E-state index is 13.1. The van der Waals surface area contributed by atoms with Crippen molar-refractivity contribution in [3.63, 3.8) is 0 Å². The van der Waals surface area contributed by atoms with E-state index < -0.39 is 12.2 Å². The Morgan fingerprint density at radius 3 is 2.05 bits per heavy atom. The summed E-state index contributed by atoms with van der Waals surface area (Å²) in [5, 5.41) is 9.25. The highest BCUT2D eigenvalue weighted by molar-refractivity contribution is 5.65. The molecule has 0 fully saturated rings. The quantitative estimate of drug-likeness (QED) is 0.834. The summed E-state index contributed by atoms with van der Waals surface area (Å²) < 4.78 is 52.7. The van der Waals surface area contributed by atoms with Crippen LogP contribution in [0, 0.1) is 5.82 Å². The molecule has 0 atom stereocenters. The van der Waals surface area contributed by atoms with E-state index >= 15 is 0 Å². The molecule has 0 bridgehead atoms. The number of hydrogen-bond donors (Lipinski definition) is 1. The molecule has 1 N–H and O–H groups in total. The van der Waals surface area contributed by atoms with Gasteiger partial charge >= 0.3 is 6.36 Å². The van der Waals surface area contributed by atoms with Crippen molar-refractivity contribution >= 4 is 0 Å². The molecule has 19 heavy (non-hydrogen) atoms. The van der Waals surface area contributed by atoms with E-state index in [2.05, 4.69) is 4.74 Å². The molecule has 2 nitrogen and oxygen atoms in total. The lowest BCUT2D eigenvalue weighted by Crippen LogP contribution is -2.16. The number of halogens is 4. The van der Waals surface area contributed by atoms with Crippen molar-refractivity contribution in [3.8, 4) is 22.6 Å². The Morgan fingerprint density at radius 1 is 0.895 bits per heavy atom. The summed E-state index contributed by atoms with van der Waals surface area (Å²) in [5.74, 6) is -1.26. The third-order valence-electron chi connectivity index (χ3n) is 2.30. The van der Waals surface area contributed by atoms with Gasteiger partial charge < -0.3 is 9.84 Å². The van der Waals surface area contributed by atoms with Gasteiger partial charge in [0.1, 0.15) is 17.3 Å². The molecule has 0 saturated heterocycles.